The Bertz CT molecular complexity index is 327. The number of amides is 1. The summed E-state index contributed by atoms with van der Waals surface area (Å²) in [5.74, 6) is -0.0811. The Labute approximate surface area is 82.3 Å². The van der Waals surface area contributed by atoms with Gasteiger partial charge in [0, 0.05) is 13.1 Å². The first-order valence-electron chi connectivity index (χ1n) is 4.81. The standard InChI is InChI=1S/C9H14N4O/c1-10-9(14)6-5-12-13-8(6)7-3-2-4-11-7/h5,7,11H,2-4H2,1H3,(H,10,14)(H,12,13)/t7-/m0/s1. The molecule has 0 aromatic carbocycles. The van der Waals surface area contributed by atoms with Gasteiger partial charge in [-0.05, 0) is 19.4 Å². The molecule has 0 bridgehead atoms. The third-order valence-electron chi connectivity index (χ3n) is 2.55. The molecule has 1 fully saturated rings. The third kappa shape index (κ3) is 1.50. The minimum absolute atomic E-state index is 0.0811. The Morgan fingerprint density at radius 3 is 3.21 bits per heavy atom. The van der Waals surface area contributed by atoms with Gasteiger partial charge in [-0.25, -0.2) is 0 Å². The molecule has 76 valence electrons. The van der Waals surface area contributed by atoms with Crippen LogP contribution in [0.2, 0.25) is 0 Å². The van der Waals surface area contributed by atoms with Crippen LogP contribution in [0.4, 0.5) is 0 Å². The molecule has 5 nitrogen and oxygen atoms in total. The van der Waals surface area contributed by atoms with Crippen molar-refractivity contribution < 1.29 is 4.79 Å². The molecule has 14 heavy (non-hydrogen) atoms. The molecule has 0 spiro atoms. The smallest absolute Gasteiger partial charge is 0.254 e. The fourth-order valence-electron chi connectivity index (χ4n) is 1.81. The van der Waals surface area contributed by atoms with Gasteiger partial charge >= 0.3 is 0 Å². The molecule has 0 aliphatic carbocycles. The van der Waals surface area contributed by atoms with E-state index in [1.165, 1.54) is 0 Å². The number of hydrogen-bond donors (Lipinski definition) is 3. The summed E-state index contributed by atoms with van der Waals surface area (Å²) in [6.07, 6.45) is 3.79. The van der Waals surface area contributed by atoms with Gasteiger partial charge in [0.05, 0.1) is 17.5 Å². The Kier molecular flexibility index (Phi) is 2.49. The molecular weight excluding hydrogens is 180 g/mol. The van der Waals surface area contributed by atoms with Crippen molar-refractivity contribution in [3.8, 4) is 0 Å². The van der Waals surface area contributed by atoms with E-state index >= 15 is 0 Å². The third-order valence-corrected chi connectivity index (χ3v) is 2.55. The first-order valence-corrected chi connectivity index (χ1v) is 4.81. The minimum atomic E-state index is -0.0811. The fraction of sp³-hybridized carbons (Fsp3) is 0.556. The van der Waals surface area contributed by atoms with E-state index in [2.05, 4.69) is 20.8 Å². The Morgan fingerprint density at radius 1 is 1.71 bits per heavy atom. The molecule has 1 aromatic heterocycles. The van der Waals surface area contributed by atoms with Gasteiger partial charge in [0.2, 0.25) is 0 Å². The number of hydrogen-bond acceptors (Lipinski definition) is 3. The van der Waals surface area contributed by atoms with Crippen molar-refractivity contribution >= 4 is 5.91 Å². The van der Waals surface area contributed by atoms with Gasteiger partial charge in [-0.1, -0.05) is 0 Å². The quantitative estimate of drug-likeness (QED) is 0.629. The van der Waals surface area contributed by atoms with Crippen LogP contribution in [0.15, 0.2) is 6.20 Å². The number of rotatable bonds is 2. The van der Waals surface area contributed by atoms with Crippen molar-refractivity contribution in [2.75, 3.05) is 13.6 Å². The number of nitrogens with zero attached hydrogens (tertiary/aromatic N) is 1. The van der Waals surface area contributed by atoms with Crippen molar-refractivity contribution in [1.82, 2.24) is 20.8 Å². The lowest BCUT2D eigenvalue weighted by Gasteiger charge is -2.09. The van der Waals surface area contributed by atoms with Crippen molar-refractivity contribution in [2.45, 2.75) is 18.9 Å². The van der Waals surface area contributed by atoms with Crippen LogP contribution in [0.1, 0.15) is 34.9 Å². The lowest BCUT2D eigenvalue weighted by Crippen LogP contribution is -2.22. The van der Waals surface area contributed by atoms with Crippen LogP contribution in [0, 0.1) is 0 Å². The van der Waals surface area contributed by atoms with E-state index in [4.69, 9.17) is 0 Å². The SMILES string of the molecule is CNC(=O)c1cn[nH]c1[C@@H]1CCCN1. The Balaban J connectivity index is 2.24. The van der Waals surface area contributed by atoms with Gasteiger partial charge in [0.25, 0.3) is 5.91 Å². The van der Waals surface area contributed by atoms with Crippen molar-refractivity contribution in [3.63, 3.8) is 0 Å². The molecule has 0 saturated carbocycles. The summed E-state index contributed by atoms with van der Waals surface area (Å²) in [6, 6.07) is 0.254. The van der Waals surface area contributed by atoms with E-state index in [9.17, 15) is 4.79 Å². The van der Waals surface area contributed by atoms with Gasteiger partial charge in [-0.2, -0.15) is 5.10 Å². The molecular formula is C9H14N4O. The van der Waals surface area contributed by atoms with Gasteiger partial charge < -0.3 is 10.6 Å². The normalized spacial score (nSPS) is 21.1. The maximum atomic E-state index is 11.5. The maximum Gasteiger partial charge on any atom is 0.254 e. The first kappa shape index (κ1) is 9.21. The monoisotopic (exact) mass is 194 g/mol. The zero-order valence-corrected chi connectivity index (χ0v) is 8.13. The Morgan fingerprint density at radius 2 is 2.57 bits per heavy atom. The highest BCUT2D eigenvalue weighted by atomic mass is 16.1. The van der Waals surface area contributed by atoms with Crippen LogP contribution in [0.25, 0.3) is 0 Å². The zero-order chi connectivity index (χ0) is 9.97. The van der Waals surface area contributed by atoms with E-state index in [0.717, 1.165) is 25.1 Å². The summed E-state index contributed by atoms with van der Waals surface area (Å²) >= 11 is 0. The maximum absolute atomic E-state index is 11.5. The molecule has 1 atom stereocenters. The van der Waals surface area contributed by atoms with E-state index in [-0.39, 0.29) is 11.9 Å². The zero-order valence-electron chi connectivity index (χ0n) is 8.13. The number of H-pyrrole nitrogens is 1. The van der Waals surface area contributed by atoms with Crippen LogP contribution in [-0.2, 0) is 0 Å². The second-order valence-corrected chi connectivity index (χ2v) is 3.43. The van der Waals surface area contributed by atoms with Crippen molar-refractivity contribution in [1.29, 1.82) is 0 Å². The molecule has 1 amide bonds. The van der Waals surface area contributed by atoms with Crippen LogP contribution in [0.3, 0.4) is 0 Å². The van der Waals surface area contributed by atoms with Crippen LogP contribution >= 0.6 is 0 Å². The number of carbonyl (C=O) groups is 1. The largest absolute Gasteiger partial charge is 0.355 e. The van der Waals surface area contributed by atoms with E-state index in [1.807, 2.05) is 0 Å². The number of aromatic amines is 1. The van der Waals surface area contributed by atoms with Crippen LogP contribution in [0.5, 0.6) is 0 Å². The van der Waals surface area contributed by atoms with Gasteiger partial charge in [-0.3, -0.25) is 9.89 Å². The predicted octanol–water partition coefficient (Wildman–Crippen LogP) is 0.194. The molecule has 0 radical (unpaired) electrons. The van der Waals surface area contributed by atoms with Gasteiger partial charge in [0.15, 0.2) is 0 Å². The second kappa shape index (κ2) is 3.79. The highest BCUT2D eigenvalue weighted by Gasteiger charge is 2.23. The van der Waals surface area contributed by atoms with E-state index in [0.29, 0.717) is 5.56 Å². The first-order chi connectivity index (χ1) is 6.83. The Hall–Kier alpha value is -1.36. The highest BCUT2D eigenvalue weighted by Crippen LogP contribution is 2.23. The summed E-state index contributed by atoms with van der Waals surface area (Å²) < 4.78 is 0. The minimum Gasteiger partial charge on any atom is -0.355 e. The molecule has 1 aromatic rings. The van der Waals surface area contributed by atoms with Crippen molar-refractivity contribution in [3.05, 3.63) is 17.5 Å². The summed E-state index contributed by atoms with van der Waals surface area (Å²) in [6.45, 7) is 1.01. The molecule has 5 heteroatoms. The number of nitrogens with one attached hydrogen (secondary N) is 3. The molecule has 1 aliphatic heterocycles. The van der Waals surface area contributed by atoms with Gasteiger partial charge in [0.1, 0.15) is 0 Å². The summed E-state index contributed by atoms with van der Waals surface area (Å²) in [5, 5.41) is 12.7. The van der Waals surface area contributed by atoms with Crippen LogP contribution < -0.4 is 10.6 Å². The predicted molar refractivity (Wildman–Crippen MR) is 52.0 cm³/mol. The summed E-state index contributed by atoms with van der Waals surface area (Å²) in [4.78, 5) is 11.5. The topological polar surface area (TPSA) is 69.8 Å². The molecule has 3 N–H and O–H groups in total. The number of aromatic nitrogens is 2. The van der Waals surface area contributed by atoms with Crippen molar-refractivity contribution in [2.24, 2.45) is 0 Å². The molecule has 2 rings (SSSR count). The molecule has 0 unspecified atom stereocenters. The summed E-state index contributed by atoms with van der Waals surface area (Å²) in [7, 11) is 1.63. The average molecular weight is 194 g/mol. The number of carbonyl (C=O) groups excluding carboxylic acids is 1. The second-order valence-electron chi connectivity index (χ2n) is 3.43. The van der Waals surface area contributed by atoms with E-state index < -0.39 is 0 Å². The highest BCUT2D eigenvalue weighted by molar-refractivity contribution is 5.94. The molecule has 1 aliphatic rings. The van der Waals surface area contributed by atoms with Crippen LogP contribution in [-0.4, -0.2) is 29.7 Å². The summed E-state index contributed by atoms with van der Waals surface area (Å²) in [5.41, 5.74) is 1.55. The average Bonchev–Trinajstić information content (AvgIpc) is 2.85. The molecule has 1 saturated heterocycles. The fourth-order valence-corrected chi connectivity index (χ4v) is 1.81. The lowest BCUT2D eigenvalue weighted by atomic mass is 10.1. The van der Waals surface area contributed by atoms with E-state index in [1.54, 1.807) is 13.2 Å². The lowest BCUT2D eigenvalue weighted by molar-refractivity contribution is 0.0961. The molecule has 2 heterocycles. The van der Waals surface area contributed by atoms with Gasteiger partial charge in [-0.15, -0.1) is 0 Å².